The van der Waals surface area contributed by atoms with Gasteiger partial charge in [0.25, 0.3) is 0 Å². The molecule has 5 nitrogen and oxygen atoms in total. The van der Waals surface area contributed by atoms with Crippen LogP contribution < -0.4 is 5.32 Å². The highest BCUT2D eigenvalue weighted by molar-refractivity contribution is 7.94. The first kappa shape index (κ1) is 12.6. The Hall–Kier alpha value is -1.82. The third-order valence-corrected chi connectivity index (χ3v) is 4.16. The fourth-order valence-electron chi connectivity index (χ4n) is 1.89. The molecule has 2 N–H and O–H groups in total. The summed E-state index contributed by atoms with van der Waals surface area (Å²) in [5.74, 6) is -1.08. The lowest BCUT2D eigenvalue weighted by Crippen LogP contribution is -2.23. The lowest BCUT2D eigenvalue weighted by Gasteiger charge is -2.16. The third-order valence-electron chi connectivity index (χ3n) is 2.76. The minimum absolute atomic E-state index is 0.0413. The van der Waals surface area contributed by atoms with E-state index < -0.39 is 15.8 Å². The molecule has 0 fully saturated rings. The summed E-state index contributed by atoms with van der Waals surface area (Å²) in [6, 6.07) is 4.55. The van der Waals surface area contributed by atoms with E-state index in [1.54, 1.807) is 19.1 Å². The third kappa shape index (κ3) is 2.53. The molecule has 0 saturated carbocycles. The van der Waals surface area contributed by atoms with E-state index in [1.807, 2.05) is 0 Å². The molecule has 1 unspecified atom stereocenters. The van der Waals surface area contributed by atoms with Crippen LogP contribution in [0.4, 0.5) is 5.69 Å². The molecule has 1 aliphatic heterocycles. The average Bonchev–Trinajstić information content (AvgIpc) is 2.61. The molecule has 2 rings (SSSR count). The molecule has 0 amide bonds. The largest absolute Gasteiger partial charge is 0.478 e. The maximum atomic E-state index is 11.3. The number of hydrogen-bond donors (Lipinski definition) is 2. The number of anilines is 1. The molecule has 1 atom stereocenters. The minimum atomic E-state index is -3.15. The molecule has 18 heavy (non-hydrogen) atoms. The molecule has 0 aromatic heterocycles. The number of nitrogens with one attached hydrogen (secondary N) is 1. The summed E-state index contributed by atoms with van der Waals surface area (Å²) in [5.41, 5.74) is 1.39. The quantitative estimate of drug-likeness (QED) is 0.865. The van der Waals surface area contributed by atoms with Crippen molar-refractivity contribution in [2.24, 2.45) is 0 Å². The van der Waals surface area contributed by atoms with Crippen molar-refractivity contribution in [3.8, 4) is 0 Å². The number of benzene rings is 1. The number of aromatic carboxylic acids is 1. The Labute approximate surface area is 105 Å². The first-order chi connectivity index (χ1) is 8.39. The van der Waals surface area contributed by atoms with Gasteiger partial charge in [-0.25, -0.2) is 13.2 Å². The standard InChI is InChI=1S/C12H13NO4S/c1-8-3-2-4-10(12(14)15)11(8)13-9-5-6-18(16,17)7-9/h2-6,9,13H,7H2,1H3,(H,14,15). The molecule has 1 aromatic rings. The monoisotopic (exact) mass is 267 g/mol. The van der Waals surface area contributed by atoms with E-state index in [1.165, 1.54) is 12.1 Å². The van der Waals surface area contributed by atoms with E-state index >= 15 is 0 Å². The Morgan fingerprint density at radius 1 is 1.44 bits per heavy atom. The van der Waals surface area contributed by atoms with Crippen molar-refractivity contribution >= 4 is 21.5 Å². The van der Waals surface area contributed by atoms with E-state index in [9.17, 15) is 13.2 Å². The first-order valence-corrected chi connectivity index (χ1v) is 7.11. The number of carboxylic acid groups (broad SMARTS) is 1. The first-order valence-electron chi connectivity index (χ1n) is 5.39. The Kier molecular flexibility index (Phi) is 3.13. The fraction of sp³-hybridized carbons (Fsp3) is 0.250. The molecule has 0 aliphatic carbocycles. The van der Waals surface area contributed by atoms with Crippen LogP contribution in [0.3, 0.4) is 0 Å². The second-order valence-electron chi connectivity index (χ2n) is 4.21. The van der Waals surface area contributed by atoms with Crippen LogP contribution in [-0.2, 0) is 9.84 Å². The summed E-state index contributed by atoms with van der Waals surface area (Å²) < 4.78 is 22.6. The van der Waals surface area contributed by atoms with Crippen LogP contribution in [0.1, 0.15) is 15.9 Å². The Morgan fingerprint density at radius 3 is 2.72 bits per heavy atom. The van der Waals surface area contributed by atoms with Crippen LogP contribution in [-0.4, -0.2) is 31.3 Å². The van der Waals surface area contributed by atoms with Crippen LogP contribution in [0.15, 0.2) is 29.7 Å². The molecular weight excluding hydrogens is 254 g/mol. The summed E-state index contributed by atoms with van der Waals surface area (Å²) in [4.78, 5) is 11.1. The average molecular weight is 267 g/mol. The summed E-state index contributed by atoms with van der Waals surface area (Å²) in [7, 11) is -3.15. The van der Waals surface area contributed by atoms with E-state index in [4.69, 9.17) is 5.11 Å². The van der Waals surface area contributed by atoms with Gasteiger partial charge in [-0.05, 0) is 18.6 Å². The van der Waals surface area contributed by atoms with Crippen molar-refractivity contribution in [3.05, 3.63) is 40.8 Å². The van der Waals surface area contributed by atoms with Crippen molar-refractivity contribution in [2.75, 3.05) is 11.1 Å². The Balaban J connectivity index is 2.30. The van der Waals surface area contributed by atoms with E-state index in [0.29, 0.717) is 5.69 Å². The van der Waals surface area contributed by atoms with Crippen molar-refractivity contribution in [3.63, 3.8) is 0 Å². The van der Waals surface area contributed by atoms with Gasteiger partial charge in [0.1, 0.15) is 0 Å². The van der Waals surface area contributed by atoms with Gasteiger partial charge in [0.15, 0.2) is 9.84 Å². The number of para-hydroxylation sites is 1. The normalized spacial score (nSPS) is 20.8. The summed E-state index contributed by atoms with van der Waals surface area (Å²) in [5, 5.41) is 13.2. The smallest absolute Gasteiger partial charge is 0.337 e. The fourth-order valence-corrected chi connectivity index (χ4v) is 3.12. The molecule has 6 heteroatoms. The molecule has 96 valence electrons. The maximum absolute atomic E-state index is 11.3. The van der Waals surface area contributed by atoms with Gasteiger partial charge in [0.2, 0.25) is 0 Å². The SMILES string of the molecule is Cc1cccc(C(=O)O)c1NC1C=CS(=O)(=O)C1. The Morgan fingerprint density at radius 2 is 2.17 bits per heavy atom. The number of carbonyl (C=O) groups is 1. The highest BCUT2D eigenvalue weighted by atomic mass is 32.2. The molecule has 0 saturated heterocycles. The Bertz CT molecular complexity index is 619. The molecule has 1 aliphatic rings. The number of carboxylic acids is 1. The van der Waals surface area contributed by atoms with Crippen LogP contribution >= 0.6 is 0 Å². The number of aryl methyl sites for hydroxylation is 1. The van der Waals surface area contributed by atoms with E-state index in [-0.39, 0.29) is 17.4 Å². The van der Waals surface area contributed by atoms with Gasteiger partial charge in [-0.2, -0.15) is 0 Å². The molecule has 0 spiro atoms. The van der Waals surface area contributed by atoms with Gasteiger partial charge >= 0.3 is 5.97 Å². The van der Waals surface area contributed by atoms with Gasteiger partial charge in [-0.1, -0.05) is 18.2 Å². The zero-order chi connectivity index (χ0) is 13.3. The number of hydrogen-bond acceptors (Lipinski definition) is 4. The van der Waals surface area contributed by atoms with E-state index in [2.05, 4.69) is 5.32 Å². The lowest BCUT2D eigenvalue weighted by atomic mass is 10.1. The zero-order valence-electron chi connectivity index (χ0n) is 9.75. The molecule has 1 aromatic carbocycles. The van der Waals surface area contributed by atoms with Crippen LogP contribution in [0.25, 0.3) is 0 Å². The molecule has 0 radical (unpaired) electrons. The minimum Gasteiger partial charge on any atom is -0.478 e. The number of sulfone groups is 1. The molecule has 0 bridgehead atoms. The highest BCUT2D eigenvalue weighted by Crippen LogP contribution is 2.23. The van der Waals surface area contributed by atoms with Crippen LogP contribution in [0.2, 0.25) is 0 Å². The zero-order valence-corrected chi connectivity index (χ0v) is 10.6. The topological polar surface area (TPSA) is 83.5 Å². The van der Waals surface area contributed by atoms with Gasteiger partial charge in [0.05, 0.1) is 23.0 Å². The van der Waals surface area contributed by atoms with Gasteiger partial charge < -0.3 is 10.4 Å². The number of rotatable bonds is 3. The second kappa shape index (κ2) is 4.45. The van der Waals surface area contributed by atoms with Crippen molar-refractivity contribution in [1.82, 2.24) is 0 Å². The maximum Gasteiger partial charge on any atom is 0.337 e. The second-order valence-corrected chi connectivity index (χ2v) is 6.14. The van der Waals surface area contributed by atoms with Gasteiger partial charge in [-0.3, -0.25) is 0 Å². The van der Waals surface area contributed by atoms with Crippen LogP contribution in [0, 0.1) is 6.92 Å². The highest BCUT2D eigenvalue weighted by Gasteiger charge is 2.23. The van der Waals surface area contributed by atoms with Gasteiger partial charge in [-0.15, -0.1) is 0 Å². The summed E-state index contributed by atoms with van der Waals surface area (Å²) >= 11 is 0. The summed E-state index contributed by atoms with van der Waals surface area (Å²) in [6.45, 7) is 1.78. The predicted molar refractivity (Wildman–Crippen MR) is 68.5 cm³/mol. The van der Waals surface area contributed by atoms with Gasteiger partial charge in [0, 0.05) is 5.41 Å². The predicted octanol–water partition coefficient (Wildman–Crippen LogP) is 1.42. The van der Waals surface area contributed by atoms with Crippen molar-refractivity contribution in [2.45, 2.75) is 13.0 Å². The molecule has 1 heterocycles. The van der Waals surface area contributed by atoms with Crippen molar-refractivity contribution < 1.29 is 18.3 Å². The summed E-state index contributed by atoms with van der Waals surface area (Å²) in [6.07, 6.45) is 1.54. The van der Waals surface area contributed by atoms with E-state index in [0.717, 1.165) is 11.0 Å². The molecular formula is C12H13NO4S. The lowest BCUT2D eigenvalue weighted by molar-refractivity contribution is 0.0698. The van der Waals surface area contributed by atoms with Crippen LogP contribution in [0.5, 0.6) is 0 Å². The van der Waals surface area contributed by atoms with Crippen molar-refractivity contribution in [1.29, 1.82) is 0 Å².